The summed E-state index contributed by atoms with van der Waals surface area (Å²) in [7, 11) is 0. The van der Waals surface area contributed by atoms with Crippen LogP contribution in [0.3, 0.4) is 0 Å². The monoisotopic (exact) mass is 284 g/mol. The summed E-state index contributed by atoms with van der Waals surface area (Å²) in [5.74, 6) is 5.61. The Labute approximate surface area is 122 Å². The number of hydrogen-bond donors (Lipinski definition) is 2. The Morgan fingerprint density at radius 2 is 2.30 bits per heavy atom. The predicted octanol–water partition coefficient (Wildman–Crippen LogP) is 2.55. The van der Waals surface area contributed by atoms with E-state index in [1.54, 1.807) is 23.5 Å². The fraction of sp³-hybridized carbons (Fsp3) is 0.188. The summed E-state index contributed by atoms with van der Waals surface area (Å²) in [6.45, 7) is 2.28. The van der Waals surface area contributed by atoms with Crippen LogP contribution in [0.5, 0.6) is 0 Å². The van der Waals surface area contributed by atoms with Crippen molar-refractivity contribution < 1.29 is 4.79 Å². The van der Waals surface area contributed by atoms with Crippen LogP contribution in [0.4, 0.5) is 0 Å². The maximum Gasteiger partial charge on any atom is 0.251 e. The third kappa shape index (κ3) is 3.70. The molecule has 1 aromatic carbocycles. The number of carbonyl (C=O) groups is 1. The molecule has 0 radical (unpaired) electrons. The molecule has 0 saturated heterocycles. The van der Waals surface area contributed by atoms with E-state index < -0.39 is 0 Å². The minimum Gasteiger partial charge on any atom is -0.345 e. The van der Waals surface area contributed by atoms with E-state index >= 15 is 0 Å². The van der Waals surface area contributed by atoms with Crippen molar-refractivity contribution in [2.24, 2.45) is 5.73 Å². The van der Waals surface area contributed by atoms with Gasteiger partial charge in [0.15, 0.2) is 0 Å². The molecule has 2 rings (SSSR count). The van der Waals surface area contributed by atoms with Crippen LogP contribution >= 0.6 is 11.3 Å². The highest BCUT2D eigenvalue weighted by Gasteiger charge is 2.11. The molecule has 3 N–H and O–H groups in total. The van der Waals surface area contributed by atoms with Gasteiger partial charge < -0.3 is 11.1 Å². The van der Waals surface area contributed by atoms with Crippen molar-refractivity contribution in [2.45, 2.75) is 13.0 Å². The standard InChI is InChI=1S/C16H16N2OS/c1-12(15-7-9-20-11-15)18-16(19)14-6-2-4-13(10-14)5-3-8-17/h2,4,6-7,9-12H,8,17H2,1H3,(H,18,19). The lowest BCUT2D eigenvalue weighted by Gasteiger charge is -2.12. The molecular formula is C16H16N2OS. The van der Waals surface area contributed by atoms with E-state index in [1.807, 2.05) is 35.9 Å². The minimum absolute atomic E-state index is 0.00691. The number of hydrogen-bond acceptors (Lipinski definition) is 3. The van der Waals surface area contributed by atoms with Crippen LogP contribution in [0.15, 0.2) is 41.1 Å². The van der Waals surface area contributed by atoms with Crippen molar-refractivity contribution >= 4 is 17.2 Å². The largest absolute Gasteiger partial charge is 0.345 e. The van der Waals surface area contributed by atoms with E-state index in [0.29, 0.717) is 12.1 Å². The van der Waals surface area contributed by atoms with Gasteiger partial charge in [-0.1, -0.05) is 17.9 Å². The molecule has 0 aliphatic rings. The predicted molar refractivity (Wildman–Crippen MR) is 82.6 cm³/mol. The zero-order valence-corrected chi connectivity index (χ0v) is 12.0. The van der Waals surface area contributed by atoms with Crippen LogP contribution in [0.25, 0.3) is 0 Å². The van der Waals surface area contributed by atoms with Crippen LogP contribution in [0.1, 0.15) is 34.5 Å². The Morgan fingerprint density at radius 3 is 3.00 bits per heavy atom. The van der Waals surface area contributed by atoms with E-state index in [0.717, 1.165) is 11.1 Å². The third-order valence-corrected chi connectivity index (χ3v) is 3.55. The zero-order chi connectivity index (χ0) is 14.4. The summed E-state index contributed by atoms with van der Waals surface area (Å²) < 4.78 is 0. The Morgan fingerprint density at radius 1 is 1.45 bits per heavy atom. The Bertz CT molecular complexity index is 638. The number of amides is 1. The van der Waals surface area contributed by atoms with Gasteiger partial charge in [0.05, 0.1) is 12.6 Å². The number of nitrogens with two attached hydrogens (primary N) is 1. The summed E-state index contributed by atoms with van der Waals surface area (Å²) in [6, 6.07) is 9.25. The van der Waals surface area contributed by atoms with Crippen molar-refractivity contribution in [2.75, 3.05) is 6.54 Å². The second-order valence-corrected chi connectivity index (χ2v) is 5.12. The van der Waals surface area contributed by atoms with Gasteiger partial charge in [0, 0.05) is 11.1 Å². The molecule has 102 valence electrons. The first-order valence-electron chi connectivity index (χ1n) is 6.32. The number of nitrogens with one attached hydrogen (secondary N) is 1. The molecule has 1 heterocycles. The average molecular weight is 284 g/mol. The van der Waals surface area contributed by atoms with Crippen molar-refractivity contribution in [3.63, 3.8) is 0 Å². The molecule has 0 aliphatic carbocycles. The Hall–Kier alpha value is -2.09. The number of benzene rings is 1. The molecule has 2 aromatic rings. The van der Waals surface area contributed by atoms with Gasteiger partial charge in [-0.05, 0) is 47.5 Å². The second kappa shape index (κ2) is 6.90. The highest BCUT2D eigenvalue weighted by Crippen LogP contribution is 2.16. The van der Waals surface area contributed by atoms with Crippen LogP contribution in [0, 0.1) is 11.8 Å². The van der Waals surface area contributed by atoms with E-state index in [2.05, 4.69) is 17.2 Å². The smallest absolute Gasteiger partial charge is 0.251 e. The molecule has 0 bridgehead atoms. The van der Waals surface area contributed by atoms with Crippen LogP contribution in [0.2, 0.25) is 0 Å². The molecule has 1 unspecified atom stereocenters. The summed E-state index contributed by atoms with van der Waals surface area (Å²) in [5.41, 5.74) is 7.86. The highest BCUT2D eigenvalue weighted by atomic mass is 32.1. The molecule has 20 heavy (non-hydrogen) atoms. The molecule has 0 aliphatic heterocycles. The Balaban J connectivity index is 2.09. The van der Waals surface area contributed by atoms with Crippen LogP contribution in [-0.2, 0) is 0 Å². The van der Waals surface area contributed by atoms with Crippen molar-refractivity contribution in [1.82, 2.24) is 5.32 Å². The molecular weight excluding hydrogens is 268 g/mol. The topological polar surface area (TPSA) is 55.1 Å². The fourth-order valence-electron chi connectivity index (χ4n) is 1.78. The molecule has 1 amide bonds. The van der Waals surface area contributed by atoms with Crippen LogP contribution < -0.4 is 11.1 Å². The molecule has 3 nitrogen and oxygen atoms in total. The molecule has 1 atom stereocenters. The minimum atomic E-state index is -0.0971. The number of rotatable bonds is 3. The normalized spacial score (nSPS) is 11.3. The van der Waals surface area contributed by atoms with Gasteiger partial charge in [-0.3, -0.25) is 4.79 Å². The lowest BCUT2D eigenvalue weighted by Crippen LogP contribution is -2.26. The SMILES string of the molecule is CC(NC(=O)c1cccc(C#CCN)c1)c1ccsc1. The summed E-state index contributed by atoms with van der Waals surface area (Å²) in [4.78, 5) is 12.2. The summed E-state index contributed by atoms with van der Waals surface area (Å²) in [5, 5.41) is 7.01. The molecule has 4 heteroatoms. The van der Waals surface area contributed by atoms with E-state index in [1.165, 1.54) is 0 Å². The fourth-order valence-corrected chi connectivity index (χ4v) is 2.53. The van der Waals surface area contributed by atoms with Crippen molar-refractivity contribution in [3.05, 3.63) is 57.8 Å². The molecule has 0 saturated carbocycles. The summed E-state index contributed by atoms with van der Waals surface area (Å²) >= 11 is 1.62. The molecule has 0 fully saturated rings. The maximum atomic E-state index is 12.2. The third-order valence-electron chi connectivity index (χ3n) is 2.85. The lowest BCUT2D eigenvalue weighted by atomic mass is 10.1. The lowest BCUT2D eigenvalue weighted by molar-refractivity contribution is 0.0940. The first kappa shape index (κ1) is 14.3. The number of carbonyl (C=O) groups excluding carboxylic acids is 1. The average Bonchev–Trinajstić information content (AvgIpc) is 2.99. The van der Waals surface area contributed by atoms with Gasteiger partial charge in [0.25, 0.3) is 5.91 Å². The molecule has 0 spiro atoms. The van der Waals surface area contributed by atoms with Gasteiger partial charge in [-0.25, -0.2) is 0 Å². The van der Waals surface area contributed by atoms with E-state index in [4.69, 9.17) is 5.73 Å². The number of thiophene rings is 1. The van der Waals surface area contributed by atoms with Gasteiger partial charge in [-0.15, -0.1) is 0 Å². The molecule has 1 aromatic heterocycles. The zero-order valence-electron chi connectivity index (χ0n) is 11.2. The van der Waals surface area contributed by atoms with E-state index in [9.17, 15) is 4.79 Å². The first-order chi connectivity index (χ1) is 9.70. The van der Waals surface area contributed by atoms with Gasteiger partial charge in [0.2, 0.25) is 0 Å². The van der Waals surface area contributed by atoms with Gasteiger partial charge >= 0.3 is 0 Å². The second-order valence-electron chi connectivity index (χ2n) is 4.34. The van der Waals surface area contributed by atoms with Crippen molar-refractivity contribution in [1.29, 1.82) is 0 Å². The first-order valence-corrected chi connectivity index (χ1v) is 7.27. The quantitative estimate of drug-likeness (QED) is 0.851. The van der Waals surface area contributed by atoms with Gasteiger partial charge in [0.1, 0.15) is 0 Å². The highest BCUT2D eigenvalue weighted by molar-refractivity contribution is 7.07. The Kier molecular flexibility index (Phi) is 4.94. The van der Waals surface area contributed by atoms with Crippen molar-refractivity contribution in [3.8, 4) is 11.8 Å². The maximum absolute atomic E-state index is 12.2. The van der Waals surface area contributed by atoms with E-state index in [-0.39, 0.29) is 11.9 Å². The van der Waals surface area contributed by atoms with Crippen LogP contribution in [-0.4, -0.2) is 12.5 Å². The summed E-state index contributed by atoms with van der Waals surface area (Å²) in [6.07, 6.45) is 0. The van der Waals surface area contributed by atoms with Gasteiger partial charge in [-0.2, -0.15) is 11.3 Å².